The zero-order chi connectivity index (χ0) is 7.82. The number of rotatable bonds is 6. The van der Waals surface area contributed by atoms with Gasteiger partial charge in [0.05, 0.1) is 0 Å². The van der Waals surface area contributed by atoms with Crippen LogP contribution in [-0.2, 0) is 0 Å². The summed E-state index contributed by atoms with van der Waals surface area (Å²) in [4.78, 5) is 2.22. The molecule has 0 saturated carbocycles. The first kappa shape index (κ1) is 15.2. The van der Waals surface area contributed by atoms with Gasteiger partial charge < -0.3 is 16.4 Å². The molecule has 62 valence electrons. The van der Waals surface area contributed by atoms with Crippen molar-refractivity contribution in [3.05, 3.63) is 5.73 Å². The van der Waals surface area contributed by atoms with E-state index in [0.29, 0.717) is 6.54 Å². The van der Waals surface area contributed by atoms with Gasteiger partial charge in [0.25, 0.3) is 0 Å². The van der Waals surface area contributed by atoms with Crippen molar-refractivity contribution in [2.75, 3.05) is 33.2 Å². The van der Waals surface area contributed by atoms with Crippen LogP contribution in [0.15, 0.2) is 0 Å². The van der Waals surface area contributed by atoms with E-state index in [1.54, 1.807) is 0 Å². The van der Waals surface area contributed by atoms with E-state index in [9.17, 15) is 0 Å². The monoisotopic (exact) mass is 229 g/mol. The molecule has 0 aromatic heterocycles. The van der Waals surface area contributed by atoms with Crippen molar-refractivity contribution in [1.29, 1.82) is 0 Å². The molecule has 0 saturated heterocycles. The van der Waals surface area contributed by atoms with Crippen molar-refractivity contribution in [2.24, 2.45) is 5.73 Å². The second-order valence-electron chi connectivity index (χ2n) is 2.55. The SMILES string of the molecule is CN(CCC[NH-])CCCN.[Rb+]. The quantitative estimate of drug-likeness (QED) is 0.558. The number of nitrogens with one attached hydrogen (secondary N) is 1. The Morgan fingerprint density at radius 2 is 1.82 bits per heavy atom. The molecule has 0 amide bonds. The Kier molecular flexibility index (Phi) is 16.1. The fourth-order valence-electron chi connectivity index (χ4n) is 0.822. The molecule has 0 aliphatic carbocycles. The molecule has 0 aliphatic rings. The maximum atomic E-state index is 6.92. The summed E-state index contributed by atoms with van der Waals surface area (Å²) in [5, 5.41) is 0. The number of hydrogen-bond acceptors (Lipinski definition) is 2. The average molecular weight is 230 g/mol. The summed E-state index contributed by atoms with van der Waals surface area (Å²) >= 11 is 0. The van der Waals surface area contributed by atoms with E-state index < -0.39 is 0 Å². The van der Waals surface area contributed by atoms with Gasteiger partial charge in [-0.15, -0.1) is 6.54 Å². The molecule has 0 unspecified atom stereocenters. The van der Waals surface area contributed by atoms with Crippen LogP contribution in [0.25, 0.3) is 5.73 Å². The molecular formula is C7H18N3Rb. The van der Waals surface area contributed by atoms with Gasteiger partial charge in [-0.25, -0.2) is 0 Å². The van der Waals surface area contributed by atoms with Crippen LogP contribution in [0.3, 0.4) is 0 Å². The Bertz CT molecular complexity index is 62.7. The van der Waals surface area contributed by atoms with Crippen LogP contribution < -0.4 is 63.9 Å². The zero-order valence-corrected chi connectivity index (χ0v) is 12.7. The Balaban J connectivity index is 0. The Hall–Kier alpha value is 1.69. The molecule has 0 aliphatic heterocycles. The topological polar surface area (TPSA) is 53.1 Å². The predicted octanol–water partition coefficient (Wildman–Crippen LogP) is -2.29. The van der Waals surface area contributed by atoms with Crippen LogP contribution in [0.2, 0.25) is 0 Å². The van der Waals surface area contributed by atoms with E-state index in [4.69, 9.17) is 11.5 Å². The van der Waals surface area contributed by atoms with E-state index >= 15 is 0 Å². The van der Waals surface area contributed by atoms with Crippen molar-refractivity contribution >= 4 is 0 Å². The van der Waals surface area contributed by atoms with Gasteiger partial charge in [0.15, 0.2) is 0 Å². The normalized spacial score (nSPS) is 9.82. The summed E-state index contributed by atoms with van der Waals surface area (Å²) in [6.45, 7) is 3.40. The van der Waals surface area contributed by atoms with Crippen molar-refractivity contribution in [1.82, 2.24) is 4.90 Å². The molecular weight excluding hydrogens is 212 g/mol. The maximum absolute atomic E-state index is 6.92. The Labute approximate surface area is 119 Å². The molecule has 0 radical (unpaired) electrons. The zero-order valence-electron chi connectivity index (χ0n) is 7.77. The molecule has 0 aromatic carbocycles. The van der Waals surface area contributed by atoms with Crippen LogP contribution >= 0.6 is 0 Å². The molecule has 0 aromatic rings. The summed E-state index contributed by atoms with van der Waals surface area (Å²) in [5.74, 6) is 0. The van der Waals surface area contributed by atoms with Gasteiger partial charge in [-0.3, -0.25) is 0 Å². The third kappa shape index (κ3) is 11.7. The maximum Gasteiger partial charge on any atom is 1.00 e. The molecule has 3 N–H and O–H groups in total. The minimum Gasteiger partial charge on any atom is -0.677 e. The smallest absolute Gasteiger partial charge is 0.677 e. The molecule has 0 rings (SSSR count). The van der Waals surface area contributed by atoms with Gasteiger partial charge in [-0.2, -0.15) is 0 Å². The van der Waals surface area contributed by atoms with E-state index in [1.807, 2.05) is 0 Å². The Morgan fingerprint density at radius 1 is 1.27 bits per heavy atom. The van der Waals surface area contributed by atoms with Crippen molar-refractivity contribution in [2.45, 2.75) is 12.8 Å². The fraction of sp³-hybridized carbons (Fsp3) is 1.00. The first-order chi connectivity index (χ1) is 4.81. The molecule has 4 heteroatoms. The number of nitrogens with two attached hydrogens (primary N) is 1. The van der Waals surface area contributed by atoms with Crippen molar-refractivity contribution in [3.63, 3.8) is 0 Å². The standard InChI is InChI=1S/C7H18N3.Rb/c1-10(6-2-4-8)7-3-5-9;/h8H,2-7,9H2,1H3;/q-1;+1. The molecule has 0 bridgehead atoms. The largest absolute Gasteiger partial charge is 1.00 e. The molecule has 11 heavy (non-hydrogen) atoms. The molecule has 0 fully saturated rings. The van der Waals surface area contributed by atoms with Crippen LogP contribution in [0.5, 0.6) is 0 Å². The fourth-order valence-corrected chi connectivity index (χ4v) is 0.822. The van der Waals surface area contributed by atoms with E-state index in [-0.39, 0.29) is 58.2 Å². The third-order valence-corrected chi connectivity index (χ3v) is 1.46. The van der Waals surface area contributed by atoms with Crippen molar-refractivity contribution in [3.8, 4) is 0 Å². The first-order valence-electron chi connectivity index (χ1n) is 3.84. The summed E-state index contributed by atoms with van der Waals surface area (Å²) in [5.41, 5.74) is 12.3. The van der Waals surface area contributed by atoms with Crippen molar-refractivity contribution < 1.29 is 58.2 Å². The average Bonchev–Trinajstić information content (AvgIpc) is 1.97. The van der Waals surface area contributed by atoms with E-state index in [2.05, 4.69) is 11.9 Å². The van der Waals surface area contributed by atoms with Crippen LogP contribution in [0.4, 0.5) is 0 Å². The van der Waals surface area contributed by atoms with Gasteiger partial charge in [0, 0.05) is 0 Å². The summed E-state index contributed by atoms with van der Waals surface area (Å²) < 4.78 is 0. The van der Waals surface area contributed by atoms with Gasteiger partial charge in [0.2, 0.25) is 0 Å². The Morgan fingerprint density at radius 3 is 2.27 bits per heavy atom. The predicted molar refractivity (Wildman–Crippen MR) is 45.0 cm³/mol. The summed E-state index contributed by atoms with van der Waals surface area (Å²) in [7, 11) is 2.07. The van der Waals surface area contributed by atoms with Gasteiger partial charge in [0.1, 0.15) is 0 Å². The van der Waals surface area contributed by atoms with Crippen LogP contribution in [-0.4, -0.2) is 38.1 Å². The van der Waals surface area contributed by atoms with Gasteiger partial charge in [-0.05, 0) is 33.1 Å². The van der Waals surface area contributed by atoms with Crippen LogP contribution in [0, 0.1) is 0 Å². The third-order valence-electron chi connectivity index (χ3n) is 1.46. The van der Waals surface area contributed by atoms with E-state index in [1.165, 1.54) is 0 Å². The van der Waals surface area contributed by atoms with Crippen LogP contribution in [0.1, 0.15) is 12.8 Å². The van der Waals surface area contributed by atoms with Gasteiger partial charge >= 0.3 is 58.2 Å². The molecule has 3 nitrogen and oxygen atoms in total. The summed E-state index contributed by atoms with van der Waals surface area (Å²) in [6, 6.07) is 0. The number of hydrogen-bond donors (Lipinski definition) is 1. The summed E-state index contributed by atoms with van der Waals surface area (Å²) in [6.07, 6.45) is 2.04. The minimum atomic E-state index is 0. The van der Waals surface area contributed by atoms with Gasteiger partial charge in [-0.1, -0.05) is 6.42 Å². The minimum absolute atomic E-state index is 0. The molecule has 0 spiro atoms. The number of nitrogens with zero attached hydrogens (tertiary/aromatic N) is 1. The van der Waals surface area contributed by atoms with E-state index in [0.717, 1.165) is 32.5 Å². The first-order valence-corrected chi connectivity index (χ1v) is 3.84. The second-order valence-corrected chi connectivity index (χ2v) is 2.55. The second kappa shape index (κ2) is 11.7. The molecule has 0 atom stereocenters. The molecule has 0 heterocycles.